The highest BCUT2D eigenvalue weighted by molar-refractivity contribution is 6.74. The van der Waals surface area contributed by atoms with E-state index in [9.17, 15) is 0 Å². The Morgan fingerprint density at radius 3 is 2.59 bits per heavy atom. The first-order chi connectivity index (χ1) is 15.9. The molecule has 6 nitrogen and oxygen atoms in total. The summed E-state index contributed by atoms with van der Waals surface area (Å²) in [4.78, 5) is 11.8. The van der Waals surface area contributed by atoms with Crippen molar-refractivity contribution in [1.29, 1.82) is 0 Å². The van der Waals surface area contributed by atoms with Crippen LogP contribution in [-0.2, 0) is 4.43 Å². The van der Waals surface area contributed by atoms with Crippen LogP contribution in [-0.4, -0.2) is 68.6 Å². The molecule has 0 aromatic heterocycles. The fourth-order valence-corrected chi connectivity index (χ4v) is 5.06. The summed E-state index contributed by atoms with van der Waals surface area (Å²) in [5, 5.41) is 0.904. The first-order valence-electron chi connectivity index (χ1n) is 12.5. The van der Waals surface area contributed by atoms with Crippen molar-refractivity contribution in [2.75, 3.05) is 33.4 Å². The van der Waals surface area contributed by atoms with E-state index in [1.54, 1.807) is 0 Å². The molecular weight excluding hydrogens is 464 g/mol. The summed E-state index contributed by atoms with van der Waals surface area (Å²) in [7, 11) is 0.397. The van der Waals surface area contributed by atoms with Crippen molar-refractivity contribution < 1.29 is 9.16 Å². The lowest BCUT2D eigenvalue weighted by atomic mass is 10.1. The van der Waals surface area contributed by atoms with E-state index >= 15 is 0 Å². The van der Waals surface area contributed by atoms with Gasteiger partial charge in [-0.3, -0.25) is 0 Å². The number of hydrogen-bond donors (Lipinski definition) is 0. The quantitative estimate of drug-likeness (QED) is 0.278. The zero-order valence-corrected chi connectivity index (χ0v) is 24.0. The summed E-state index contributed by atoms with van der Waals surface area (Å²) in [6.07, 6.45) is 3.94. The molecule has 0 N–H and O–H groups in total. The Bertz CT molecular complexity index is 897. The van der Waals surface area contributed by atoms with Gasteiger partial charge in [0.25, 0.3) is 6.35 Å². The topological polar surface area (TPSA) is 40.5 Å². The van der Waals surface area contributed by atoms with Crippen LogP contribution < -0.4 is 4.74 Å². The van der Waals surface area contributed by atoms with Crippen LogP contribution in [0.4, 0.5) is 0 Å². The van der Waals surface area contributed by atoms with Crippen molar-refractivity contribution in [1.82, 2.24) is 14.7 Å². The molecule has 0 radical (unpaired) electrons. The number of rotatable bonds is 10. The highest BCUT2D eigenvalue weighted by Crippen LogP contribution is 2.36. The van der Waals surface area contributed by atoms with E-state index in [4.69, 9.17) is 25.8 Å². The number of fused-ring (bicyclic) bond motifs is 1. The van der Waals surface area contributed by atoms with Gasteiger partial charge in [0.2, 0.25) is 0 Å². The van der Waals surface area contributed by atoms with Gasteiger partial charge in [0, 0.05) is 38.0 Å². The summed E-state index contributed by atoms with van der Waals surface area (Å²) >= 11 is 6.18. The number of likely N-dealkylation sites (N-methyl/N-ethyl adjacent to an activating group) is 1. The molecule has 1 aromatic carbocycles. The van der Waals surface area contributed by atoms with Crippen LogP contribution in [0.3, 0.4) is 0 Å². The van der Waals surface area contributed by atoms with Gasteiger partial charge in [-0.2, -0.15) is 0 Å². The van der Waals surface area contributed by atoms with E-state index in [-0.39, 0.29) is 11.4 Å². The number of nitrogens with zero attached hydrogens (tertiary/aromatic N) is 4. The molecule has 190 valence electrons. The van der Waals surface area contributed by atoms with E-state index in [1.807, 2.05) is 24.3 Å². The number of benzene rings is 1. The molecule has 1 unspecified atom stereocenters. The molecule has 0 saturated carbocycles. The maximum atomic E-state index is 6.39. The summed E-state index contributed by atoms with van der Waals surface area (Å²) in [5.74, 6) is 2.32. The summed E-state index contributed by atoms with van der Waals surface area (Å²) in [5.41, 5.74) is 1.13. The minimum Gasteiger partial charge on any atom is -0.450 e. The first kappa shape index (κ1) is 26.9. The van der Waals surface area contributed by atoms with Gasteiger partial charge in [0.05, 0.1) is 6.67 Å². The minimum atomic E-state index is -1.71. The molecule has 1 aromatic rings. The fraction of sp³-hybridized carbons (Fsp3) is 0.654. The third-order valence-corrected chi connectivity index (χ3v) is 11.7. The van der Waals surface area contributed by atoms with Crippen LogP contribution in [0, 0.1) is 5.92 Å². The Kier molecular flexibility index (Phi) is 8.64. The smallest absolute Gasteiger partial charge is 0.272 e. The molecule has 0 spiro atoms. The lowest BCUT2D eigenvalue weighted by Crippen LogP contribution is -2.45. The van der Waals surface area contributed by atoms with Crippen LogP contribution in [0.1, 0.15) is 47.5 Å². The van der Waals surface area contributed by atoms with E-state index < -0.39 is 8.32 Å². The molecule has 1 atom stereocenters. The highest BCUT2D eigenvalue weighted by Gasteiger charge is 2.38. The van der Waals surface area contributed by atoms with Crippen LogP contribution in [0.2, 0.25) is 23.2 Å². The van der Waals surface area contributed by atoms with E-state index in [0.29, 0.717) is 10.9 Å². The third-order valence-electron chi connectivity index (χ3n) is 6.94. The van der Waals surface area contributed by atoms with Crippen molar-refractivity contribution >= 4 is 25.8 Å². The predicted molar refractivity (Wildman–Crippen MR) is 145 cm³/mol. The molecule has 2 heterocycles. The number of hydrogen-bond acceptors (Lipinski definition) is 6. The molecule has 8 heteroatoms. The van der Waals surface area contributed by atoms with Crippen molar-refractivity contribution in [2.45, 2.75) is 71.9 Å². The largest absolute Gasteiger partial charge is 0.450 e. The van der Waals surface area contributed by atoms with Gasteiger partial charge in [-0.1, -0.05) is 52.3 Å². The van der Waals surface area contributed by atoms with Crippen LogP contribution in [0.5, 0.6) is 5.75 Å². The second kappa shape index (κ2) is 10.9. The van der Waals surface area contributed by atoms with Gasteiger partial charge in [-0.05, 0) is 55.1 Å². The summed E-state index contributed by atoms with van der Waals surface area (Å²) in [6, 6.07) is 7.54. The Balaban J connectivity index is 1.70. The Morgan fingerprint density at radius 2 is 1.94 bits per heavy atom. The van der Waals surface area contributed by atoms with E-state index in [1.165, 1.54) is 0 Å². The number of ether oxygens (including phenoxy) is 1. The van der Waals surface area contributed by atoms with Gasteiger partial charge in [0.1, 0.15) is 11.4 Å². The maximum Gasteiger partial charge on any atom is 0.272 e. The number of aliphatic imine (C=N–C) groups is 1. The Morgan fingerprint density at radius 1 is 1.21 bits per heavy atom. The molecule has 2 aliphatic heterocycles. The zero-order chi connectivity index (χ0) is 25.1. The second-order valence-electron chi connectivity index (χ2n) is 11.4. The van der Waals surface area contributed by atoms with E-state index in [0.717, 1.165) is 56.5 Å². The van der Waals surface area contributed by atoms with Gasteiger partial charge in [0.15, 0.2) is 14.2 Å². The van der Waals surface area contributed by atoms with Crippen molar-refractivity contribution in [3.63, 3.8) is 0 Å². The Hall–Kier alpha value is -1.70. The monoisotopic (exact) mass is 506 g/mol. The standard InChI is InChI=1S/C26H43ClN4O2Si/c1-20(2)13-15-31-23-18-30(14-10-16-32-34(7,8)26(3,4)5)19-29(6)24(23)28-25(31)33-22-12-9-11-21(27)17-22/h9,11-12,17-18,20,25H,10,13-16,19H2,1-8H3. The van der Waals surface area contributed by atoms with Crippen molar-refractivity contribution in [2.24, 2.45) is 10.9 Å². The summed E-state index contributed by atoms with van der Waals surface area (Å²) < 4.78 is 12.7. The number of amidine groups is 1. The molecule has 0 bridgehead atoms. The molecule has 0 aliphatic carbocycles. The SMILES string of the molecule is CC(C)CCN1C2=CN(CCCO[Si](C)(C)C(C)(C)C)CN(C)C2=NC1Oc1cccc(Cl)c1. The first-order valence-corrected chi connectivity index (χ1v) is 15.7. The lowest BCUT2D eigenvalue weighted by Gasteiger charge is -2.37. The summed E-state index contributed by atoms with van der Waals surface area (Å²) in [6.45, 7) is 19.5. The van der Waals surface area contributed by atoms with E-state index in [2.05, 4.69) is 75.7 Å². The fourth-order valence-electron chi connectivity index (χ4n) is 3.79. The normalized spacial score (nSPS) is 18.9. The van der Waals surface area contributed by atoms with Crippen LogP contribution >= 0.6 is 11.6 Å². The van der Waals surface area contributed by atoms with Gasteiger partial charge in [-0.15, -0.1) is 0 Å². The average Bonchev–Trinajstić information content (AvgIpc) is 3.06. The molecule has 3 rings (SSSR count). The average molecular weight is 507 g/mol. The van der Waals surface area contributed by atoms with Crippen LogP contribution in [0.15, 0.2) is 41.2 Å². The number of halogens is 1. The highest BCUT2D eigenvalue weighted by atomic mass is 35.5. The second-order valence-corrected chi connectivity index (χ2v) is 16.6. The zero-order valence-electron chi connectivity index (χ0n) is 22.3. The molecule has 34 heavy (non-hydrogen) atoms. The lowest BCUT2D eigenvalue weighted by molar-refractivity contribution is 0.0694. The molecule has 0 fully saturated rings. The predicted octanol–water partition coefficient (Wildman–Crippen LogP) is 6.22. The Labute approximate surface area is 212 Å². The third kappa shape index (κ3) is 6.70. The van der Waals surface area contributed by atoms with Crippen molar-refractivity contribution in [3.8, 4) is 5.75 Å². The molecule has 2 aliphatic rings. The minimum absolute atomic E-state index is 0.241. The maximum absolute atomic E-state index is 6.39. The van der Waals surface area contributed by atoms with Crippen molar-refractivity contribution in [3.05, 3.63) is 41.2 Å². The van der Waals surface area contributed by atoms with Crippen LogP contribution in [0.25, 0.3) is 0 Å². The molecule has 0 amide bonds. The van der Waals surface area contributed by atoms with Gasteiger partial charge in [-0.25, -0.2) is 4.99 Å². The van der Waals surface area contributed by atoms with Gasteiger partial charge >= 0.3 is 0 Å². The van der Waals surface area contributed by atoms with Gasteiger partial charge < -0.3 is 23.9 Å². The molecule has 0 saturated heterocycles. The molecular formula is C26H43ClN4O2Si.